The monoisotopic (exact) mass is 293 g/mol. The van der Waals surface area contributed by atoms with Crippen LogP contribution in [0.4, 0.5) is 0 Å². The van der Waals surface area contributed by atoms with Crippen LogP contribution in [-0.2, 0) is 0 Å². The SMILES string of the molecule is CC[CH2][Sb+]([CH2]CC)([CH2]CC)[CH2]CC. The maximum atomic E-state index is 2.38. The van der Waals surface area contributed by atoms with Gasteiger partial charge >= 0.3 is 89.7 Å². The fourth-order valence-electron chi connectivity index (χ4n) is 2.57. The van der Waals surface area contributed by atoms with E-state index in [1.165, 1.54) is 25.7 Å². The molecule has 0 atom stereocenters. The van der Waals surface area contributed by atoms with Crippen LogP contribution in [0.2, 0.25) is 17.5 Å². The van der Waals surface area contributed by atoms with Gasteiger partial charge < -0.3 is 0 Å². The third-order valence-electron chi connectivity index (χ3n) is 2.79. The molecule has 0 fully saturated rings. The molecule has 0 aliphatic rings. The summed E-state index contributed by atoms with van der Waals surface area (Å²) >= 11 is -1.45. The summed E-state index contributed by atoms with van der Waals surface area (Å²) in [4.78, 5) is 0. The Morgan fingerprint density at radius 2 is 0.769 bits per heavy atom. The van der Waals surface area contributed by atoms with Crippen LogP contribution in [0.15, 0.2) is 0 Å². The van der Waals surface area contributed by atoms with Gasteiger partial charge in [-0.3, -0.25) is 0 Å². The first kappa shape index (κ1) is 13.8. The zero-order valence-corrected chi connectivity index (χ0v) is 12.7. The van der Waals surface area contributed by atoms with E-state index in [4.69, 9.17) is 0 Å². The number of hydrogen-bond donors (Lipinski definition) is 0. The first-order chi connectivity index (χ1) is 6.24. The van der Waals surface area contributed by atoms with E-state index in [0.29, 0.717) is 0 Å². The predicted octanol–water partition coefficient (Wildman–Crippen LogP) is 5.08. The van der Waals surface area contributed by atoms with Gasteiger partial charge in [-0.2, -0.15) is 0 Å². The quantitative estimate of drug-likeness (QED) is 0.548. The number of hydrogen-bond acceptors (Lipinski definition) is 0. The molecule has 0 radical (unpaired) electrons. The van der Waals surface area contributed by atoms with Gasteiger partial charge in [0.1, 0.15) is 0 Å². The molecule has 0 bridgehead atoms. The molecule has 0 unspecified atom stereocenters. The first-order valence-electron chi connectivity index (χ1n) is 6.09. The van der Waals surface area contributed by atoms with Gasteiger partial charge in [-0.1, -0.05) is 0 Å². The summed E-state index contributed by atoms with van der Waals surface area (Å²) in [6, 6.07) is 0. The van der Waals surface area contributed by atoms with Crippen LogP contribution in [0.25, 0.3) is 0 Å². The first-order valence-corrected chi connectivity index (χ1v) is 13.3. The van der Waals surface area contributed by atoms with E-state index in [0.717, 1.165) is 0 Å². The minimum absolute atomic E-state index is 1.45. The Balaban J connectivity index is 4.19. The second kappa shape index (κ2) is 8.15. The molecule has 0 nitrogen and oxygen atoms in total. The Morgan fingerprint density at radius 3 is 0.923 bits per heavy atom. The Labute approximate surface area is 89.5 Å². The van der Waals surface area contributed by atoms with E-state index in [1.54, 1.807) is 17.5 Å². The molecule has 0 aromatic heterocycles. The molecular formula is C12H28Sb+. The van der Waals surface area contributed by atoms with Gasteiger partial charge in [0.05, 0.1) is 0 Å². The van der Waals surface area contributed by atoms with Gasteiger partial charge in [0.15, 0.2) is 0 Å². The summed E-state index contributed by atoms with van der Waals surface area (Å²) in [6.07, 6.45) is 5.80. The summed E-state index contributed by atoms with van der Waals surface area (Å²) in [5, 5.41) is 0. The van der Waals surface area contributed by atoms with E-state index in [1.807, 2.05) is 0 Å². The third-order valence-corrected chi connectivity index (χ3v) is 18.7. The summed E-state index contributed by atoms with van der Waals surface area (Å²) in [5.74, 6) is 0. The molecule has 0 spiro atoms. The van der Waals surface area contributed by atoms with Gasteiger partial charge in [0.2, 0.25) is 0 Å². The molecular weight excluding hydrogens is 266 g/mol. The fourth-order valence-corrected chi connectivity index (χ4v) is 17.2. The summed E-state index contributed by atoms with van der Waals surface area (Å²) in [6.45, 7) is 9.52. The van der Waals surface area contributed by atoms with E-state index < -0.39 is 18.8 Å². The van der Waals surface area contributed by atoms with Crippen LogP contribution in [0, 0.1) is 0 Å². The second-order valence-corrected chi connectivity index (χ2v) is 17.0. The van der Waals surface area contributed by atoms with E-state index >= 15 is 0 Å². The zero-order valence-electron chi connectivity index (χ0n) is 10.1. The van der Waals surface area contributed by atoms with Crippen molar-refractivity contribution in [3.05, 3.63) is 0 Å². The average molecular weight is 294 g/mol. The Bertz CT molecular complexity index is 80.2. The van der Waals surface area contributed by atoms with E-state index in [2.05, 4.69) is 27.7 Å². The normalized spacial score (nSPS) is 12.0. The van der Waals surface area contributed by atoms with Crippen molar-refractivity contribution < 1.29 is 0 Å². The van der Waals surface area contributed by atoms with Crippen molar-refractivity contribution in [3.63, 3.8) is 0 Å². The molecule has 13 heavy (non-hydrogen) atoms. The standard InChI is InChI=1S/4C3H7.Sb/c4*1-3-2;/h4*1,3H2,2H3;/q;;;;+1. The van der Waals surface area contributed by atoms with Crippen molar-refractivity contribution in [1.82, 2.24) is 0 Å². The van der Waals surface area contributed by atoms with Crippen molar-refractivity contribution in [2.45, 2.75) is 70.8 Å². The topological polar surface area (TPSA) is 0 Å². The van der Waals surface area contributed by atoms with Crippen molar-refractivity contribution in [3.8, 4) is 0 Å². The molecule has 0 aromatic rings. The molecule has 0 aromatic carbocycles. The van der Waals surface area contributed by atoms with Gasteiger partial charge in [-0.15, -0.1) is 0 Å². The Hall–Kier alpha value is 0.818. The van der Waals surface area contributed by atoms with E-state index in [-0.39, 0.29) is 0 Å². The van der Waals surface area contributed by atoms with Gasteiger partial charge in [0.25, 0.3) is 0 Å². The molecule has 0 rings (SSSR count). The molecule has 0 heterocycles. The van der Waals surface area contributed by atoms with Crippen LogP contribution in [-0.4, -0.2) is 18.8 Å². The van der Waals surface area contributed by atoms with Gasteiger partial charge in [0, 0.05) is 0 Å². The van der Waals surface area contributed by atoms with Gasteiger partial charge in [-0.05, 0) is 0 Å². The van der Waals surface area contributed by atoms with Crippen molar-refractivity contribution in [2.75, 3.05) is 0 Å². The molecule has 80 valence electrons. The summed E-state index contributed by atoms with van der Waals surface area (Å²) in [5.41, 5.74) is 0. The van der Waals surface area contributed by atoms with Crippen molar-refractivity contribution in [1.29, 1.82) is 0 Å². The Kier molecular flexibility index (Phi) is 8.67. The Morgan fingerprint density at radius 1 is 0.538 bits per heavy atom. The zero-order chi connectivity index (χ0) is 10.2. The fraction of sp³-hybridized carbons (Fsp3) is 1.00. The molecule has 0 N–H and O–H groups in total. The van der Waals surface area contributed by atoms with Crippen LogP contribution in [0.3, 0.4) is 0 Å². The summed E-state index contributed by atoms with van der Waals surface area (Å²) < 4.78 is 6.59. The average Bonchev–Trinajstić information content (AvgIpc) is 2.06. The molecule has 0 saturated heterocycles. The third kappa shape index (κ3) is 5.30. The molecule has 0 saturated carbocycles. The van der Waals surface area contributed by atoms with Gasteiger partial charge in [-0.25, -0.2) is 0 Å². The molecule has 0 aliphatic heterocycles. The maximum absolute atomic E-state index is 2.38. The summed E-state index contributed by atoms with van der Waals surface area (Å²) in [7, 11) is 0. The predicted molar refractivity (Wildman–Crippen MR) is 66.1 cm³/mol. The van der Waals surface area contributed by atoms with Crippen LogP contribution >= 0.6 is 0 Å². The number of rotatable bonds is 8. The van der Waals surface area contributed by atoms with Crippen LogP contribution < -0.4 is 0 Å². The molecule has 1 heteroatoms. The molecule has 0 amide bonds. The van der Waals surface area contributed by atoms with Crippen LogP contribution in [0.5, 0.6) is 0 Å². The second-order valence-electron chi connectivity index (χ2n) is 4.24. The van der Waals surface area contributed by atoms with Crippen molar-refractivity contribution in [2.24, 2.45) is 0 Å². The minimum atomic E-state index is -1.45. The van der Waals surface area contributed by atoms with Crippen LogP contribution in [0.1, 0.15) is 53.4 Å². The van der Waals surface area contributed by atoms with E-state index in [9.17, 15) is 0 Å². The van der Waals surface area contributed by atoms with Crippen molar-refractivity contribution >= 4 is 18.8 Å². The molecule has 0 aliphatic carbocycles.